The van der Waals surface area contributed by atoms with E-state index in [4.69, 9.17) is 0 Å². The second-order valence-electron chi connectivity index (χ2n) is 8.42. The predicted octanol–water partition coefficient (Wildman–Crippen LogP) is 1.96. The lowest BCUT2D eigenvalue weighted by molar-refractivity contribution is -0.152. The minimum absolute atomic E-state index is 0.0392. The number of nitrogens with zero attached hydrogens (tertiary/aromatic N) is 3. The first-order chi connectivity index (χ1) is 16.9. The zero-order valence-corrected chi connectivity index (χ0v) is 19.9. The van der Waals surface area contributed by atoms with E-state index >= 15 is 0 Å². The van der Waals surface area contributed by atoms with Crippen molar-refractivity contribution in [1.29, 1.82) is 0 Å². The SMILES string of the molecule is O=C(O)C1CCCCN1C(=O)[C@H](CCCNc1ncc[nH]1)NS(=O)(=O)c1cccc2cnccc12. The van der Waals surface area contributed by atoms with Crippen molar-refractivity contribution in [1.82, 2.24) is 24.6 Å². The number of rotatable bonds is 10. The van der Waals surface area contributed by atoms with Gasteiger partial charge in [-0.1, -0.05) is 12.1 Å². The number of amides is 1. The number of hydrogen-bond donors (Lipinski definition) is 4. The lowest BCUT2D eigenvalue weighted by Crippen LogP contribution is -2.55. The molecule has 4 rings (SSSR count). The van der Waals surface area contributed by atoms with E-state index in [-0.39, 0.29) is 17.9 Å². The van der Waals surface area contributed by atoms with Gasteiger partial charge in [-0.15, -0.1) is 0 Å². The molecule has 1 unspecified atom stereocenters. The molecule has 3 heterocycles. The van der Waals surface area contributed by atoms with Crippen LogP contribution in [-0.2, 0) is 19.6 Å². The Hall–Kier alpha value is -3.51. The number of hydrogen-bond acceptors (Lipinski definition) is 7. The number of aromatic nitrogens is 3. The summed E-state index contributed by atoms with van der Waals surface area (Å²) < 4.78 is 29.4. The number of nitrogens with one attached hydrogen (secondary N) is 3. The second-order valence-corrected chi connectivity index (χ2v) is 10.1. The molecule has 1 amide bonds. The minimum atomic E-state index is -4.10. The number of H-pyrrole nitrogens is 1. The molecule has 4 N–H and O–H groups in total. The number of aromatic amines is 1. The van der Waals surface area contributed by atoms with E-state index in [9.17, 15) is 23.1 Å². The van der Waals surface area contributed by atoms with Crippen LogP contribution in [0.5, 0.6) is 0 Å². The van der Waals surface area contributed by atoms with Crippen LogP contribution >= 0.6 is 0 Å². The largest absolute Gasteiger partial charge is 0.480 e. The Morgan fingerprint density at radius 2 is 2.09 bits per heavy atom. The first-order valence-electron chi connectivity index (χ1n) is 11.5. The average molecular weight is 501 g/mol. The molecule has 1 fully saturated rings. The Balaban J connectivity index is 1.57. The van der Waals surface area contributed by atoms with E-state index in [1.807, 2.05) is 0 Å². The fourth-order valence-electron chi connectivity index (χ4n) is 4.34. The van der Waals surface area contributed by atoms with Gasteiger partial charge in [-0.2, -0.15) is 4.72 Å². The number of pyridine rings is 1. The van der Waals surface area contributed by atoms with Crippen molar-refractivity contribution in [3.63, 3.8) is 0 Å². The van der Waals surface area contributed by atoms with Gasteiger partial charge in [-0.25, -0.2) is 18.2 Å². The van der Waals surface area contributed by atoms with Gasteiger partial charge < -0.3 is 20.3 Å². The van der Waals surface area contributed by atoms with E-state index < -0.39 is 34.0 Å². The molecule has 186 valence electrons. The first kappa shape index (κ1) is 24.6. The third-order valence-electron chi connectivity index (χ3n) is 6.06. The maximum atomic E-state index is 13.5. The van der Waals surface area contributed by atoms with Crippen molar-refractivity contribution in [3.8, 4) is 0 Å². The number of piperidine rings is 1. The van der Waals surface area contributed by atoms with Crippen LogP contribution in [0.2, 0.25) is 0 Å². The summed E-state index contributed by atoms with van der Waals surface area (Å²) >= 11 is 0. The monoisotopic (exact) mass is 500 g/mol. The van der Waals surface area contributed by atoms with Crippen LogP contribution in [0, 0.1) is 0 Å². The molecule has 3 aromatic rings. The molecule has 2 aromatic heterocycles. The fraction of sp³-hybridized carbons (Fsp3) is 0.391. The summed E-state index contributed by atoms with van der Waals surface area (Å²) in [4.78, 5) is 37.6. The number of fused-ring (bicyclic) bond motifs is 1. The Labute approximate surface area is 203 Å². The zero-order valence-electron chi connectivity index (χ0n) is 19.1. The summed E-state index contributed by atoms with van der Waals surface area (Å²) in [6.45, 7) is 0.722. The molecule has 1 saturated heterocycles. The fourth-order valence-corrected chi connectivity index (χ4v) is 5.79. The summed E-state index contributed by atoms with van der Waals surface area (Å²) in [5.74, 6) is -1.04. The summed E-state index contributed by atoms with van der Waals surface area (Å²) in [6, 6.07) is 4.39. The van der Waals surface area contributed by atoms with E-state index in [1.54, 1.807) is 36.8 Å². The minimum Gasteiger partial charge on any atom is -0.480 e. The highest BCUT2D eigenvalue weighted by Crippen LogP contribution is 2.24. The van der Waals surface area contributed by atoms with Crippen LogP contribution in [0.1, 0.15) is 32.1 Å². The van der Waals surface area contributed by atoms with Crippen molar-refractivity contribution in [3.05, 3.63) is 49.1 Å². The van der Waals surface area contributed by atoms with E-state index in [1.165, 1.54) is 17.2 Å². The van der Waals surface area contributed by atoms with Gasteiger partial charge in [0.2, 0.25) is 15.9 Å². The van der Waals surface area contributed by atoms with Crippen LogP contribution in [0.3, 0.4) is 0 Å². The maximum Gasteiger partial charge on any atom is 0.326 e. The van der Waals surface area contributed by atoms with Crippen LogP contribution in [-0.4, -0.2) is 70.4 Å². The summed E-state index contributed by atoms with van der Waals surface area (Å²) in [5.41, 5.74) is 0. The maximum absolute atomic E-state index is 13.5. The van der Waals surface area contributed by atoms with E-state index in [0.29, 0.717) is 48.9 Å². The number of anilines is 1. The topological polar surface area (TPSA) is 157 Å². The van der Waals surface area contributed by atoms with Gasteiger partial charge in [0.15, 0.2) is 5.95 Å². The molecule has 0 radical (unpaired) electrons. The smallest absolute Gasteiger partial charge is 0.326 e. The molecule has 12 heteroatoms. The number of aliphatic carboxylic acids is 1. The van der Waals surface area contributed by atoms with Crippen molar-refractivity contribution in [2.75, 3.05) is 18.4 Å². The molecule has 0 aliphatic carbocycles. The lowest BCUT2D eigenvalue weighted by atomic mass is 10.00. The van der Waals surface area contributed by atoms with Crippen LogP contribution in [0.4, 0.5) is 5.95 Å². The molecule has 1 aliphatic rings. The third kappa shape index (κ3) is 5.77. The number of carbonyl (C=O) groups excluding carboxylic acids is 1. The van der Waals surface area contributed by atoms with Gasteiger partial charge in [0.25, 0.3) is 0 Å². The second kappa shape index (κ2) is 10.8. The van der Waals surface area contributed by atoms with Crippen molar-refractivity contribution >= 4 is 38.6 Å². The van der Waals surface area contributed by atoms with Crippen LogP contribution in [0.15, 0.2) is 53.9 Å². The number of likely N-dealkylation sites (tertiary alicyclic amines) is 1. The molecule has 0 bridgehead atoms. The molecule has 1 aliphatic heterocycles. The molecule has 0 saturated carbocycles. The molecule has 0 spiro atoms. The number of sulfonamides is 1. The van der Waals surface area contributed by atoms with Gasteiger partial charge in [0.05, 0.1) is 4.90 Å². The molecular formula is C23H28N6O5S. The summed E-state index contributed by atoms with van der Waals surface area (Å²) in [5, 5.41) is 13.8. The molecule has 1 aromatic carbocycles. The lowest BCUT2D eigenvalue weighted by Gasteiger charge is -2.35. The average Bonchev–Trinajstić information content (AvgIpc) is 3.38. The Morgan fingerprint density at radius 1 is 1.23 bits per heavy atom. The van der Waals surface area contributed by atoms with Crippen LogP contribution < -0.4 is 10.0 Å². The number of carboxylic acid groups (broad SMARTS) is 1. The van der Waals surface area contributed by atoms with Crippen molar-refractivity contribution < 1.29 is 23.1 Å². The quantitative estimate of drug-likeness (QED) is 0.308. The molecular weight excluding hydrogens is 472 g/mol. The zero-order chi connectivity index (χ0) is 24.8. The van der Waals surface area contributed by atoms with Crippen molar-refractivity contribution in [2.24, 2.45) is 0 Å². The van der Waals surface area contributed by atoms with Gasteiger partial charge in [-0.3, -0.25) is 9.78 Å². The normalized spacial score (nSPS) is 17.3. The van der Waals surface area contributed by atoms with Crippen LogP contribution in [0.25, 0.3) is 10.8 Å². The van der Waals surface area contributed by atoms with E-state index in [2.05, 4.69) is 25.0 Å². The number of carboxylic acids is 1. The predicted molar refractivity (Wildman–Crippen MR) is 129 cm³/mol. The van der Waals surface area contributed by atoms with E-state index in [0.717, 1.165) is 0 Å². The molecule has 2 atom stereocenters. The third-order valence-corrected chi connectivity index (χ3v) is 7.59. The Morgan fingerprint density at radius 3 is 2.86 bits per heavy atom. The summed E-state index contributed by atoms with van der Waals surface area (Å²) in [6.07, 6.45) is 8.70. The first-order valence-corrected chi connectivity index (χ1v) is 13.0. The van der Waals surface area contributed by atoms with Gasteiger partial charge in [0.1, 0.15) is 12.1 Å². The van der Waals surface area contributed by atoms with Gasteiger partial charge >= 0.3 is 5.97 Å². The highest BCUT2D eigenvalue weighted by atomic mass is 32.2. The van der Waals surface area contributed by atoms with Crippen molar-refractivity contribution in [2.45, 2.75) is 49.1 Å². The highest BCUT2D eigenvalue weighted by Gasteiger charge is 2.37. The molecule has 35 heavy (non-hydrogen) atoms. The number of benzene rings is 1. The standard InChI is InChI=1S/C23H28N6O5S/c30-21(29-14-2-1-7-19(29)22(31)32)18(6-4-10-25-23-26-12-13-27-23)28-35(33,34)20-8-3-5-16-15-24-11-9-17(16)20/h3,5,8-9,11-13,15,18-19,28H,1-2,4,6-7,10,14H2,(H,31,32)(H2,25,26,27)/t18-,19?/m0/s1. The number of carbonyl (C=O) groups is 2. The Kier molecular flexibility index (Phi) is 7.61. The molecule has 11 nitrogen and oxygen atoms in total. The van der Waals surface area contributed by atoms with Gasteiger partial charge in [-0.05, 0) is 44.2 Å². The highest BCUT2D eigenvalue weighted by molar-refractivity contribution is 7.89. The number of imidazole rings is 1. The van der Waals surface area contributed by atoms with Gasteiger partial charge in [0, 0.05) is 48.6 Å². The Bertz CT molecular complexity index is 1280. The summed E-state index contributed by atoms with van der Waals surface area (Å²) in [7, 11) is -4.10.